The third kappa shape index (κ3) is 3.11. The first-order valence-corrected chi connectivity index (χ1v) is 6.65. The Hall–Kier alpha value is -1.81. The molecule has 1 amide bonds. The van der Waals surface area contributed by atoms with Crippen LogP contribution in [0.3, 0.4) is 0 Å². The number of aryl methyl sites for hydroxylation is 1. The molecule has 0 unspecified atom stereocenters. The SMILES string of the molecule is CCc1ccc(CNC(=O)c2cccc(O)c2)s1. The molecule has 18 heavy (non-hydrogen) atoms. The minimum atomic E-state index is -0.169. The van der Waals surface area contributed by atoms with Crippen LogP contribution in [0.15, 0.2) is 36.4 Å². The number of phenolic OH excluding ortho intramolecular Hbond substituents is 1. The summed E-state index contributed by atoms with van der Waals surface area (Å²) in [5.41, 5.74) is 0.474. The Morgan fingerprint density at radius 3 is 2.72 bits per heavy atom. The number of hydrogen-bond acceptors (Lipinski definition) is 3. The van der Waals surface area contributed by atoms with E-state index in [-0.39, 0.29) is 11.7 Å². The minimum absolute atomic E-state index is 0.104. The molecule has 4 heteroatoms. The van der Waals surface area contributed by atoms with Crippen LogP contribution in [0.1, 0.15) is 27.0 Å². The molecule has 0 aliphatic heterocycles. The van der Waals surface area contributed by atoms with Gasteiger partial charge >= 0.3 is 0 Å². The smallest absolute Gasteiger partial charge is 0.251 e. The van der Waals surface area contributed by atoms with Crippen LogP contribution in [0.4, 0.5) is 0 Å². The first kappa shape index (κ1) is 12.6. The molecule has 2 rings (SSSR count). The van der Waals surface area contributed by atoms with Gasteiger partial charge < -0.3 is 10.4 Å². The van der Waals surface area contributed by atoms with Crippen LogP contribution in [-0.4, -0.2) is 11.0 Å². The zero-order chi connectivity index (χ0) is 13.0. The Labute approximate surface area is 110 Å². The maximum Gasteiger partial charge on any atom is 0.251 e. The zero-order valence-electron chi connectivity index (χ0n) is 10.1. The molecule has 0 bridgehead atoms. The molecule has 1 aromatic carbocycles. The number of aromatic hydroxyl groups is 1. The van der Waals surface area contributed by atoms with Gasteiger partial charge in [0.2, 0.25) is 0 Å². The second kappa shape index (κ2) is 5.69. The number of nitrogens with one attached hydrogen (secondary N) is 1. The summed E-state index contributed by atoms with van der Waals surface area (Å²) in [7, 11) is 0. The second-order valence-corrected chi connectivity index (χ2v) is 5.21. The van der Waals surface area contributed by atoms with Crippen molar-refractivity contribution in [1.82, 2.24) is 5.32 Å². The van der Waals surface area contributed by atoms with E-state index in [0.29, 0.717) is 12.1 Å². The highest BCUT2D eigenvalue weighted by molar-refractivity contribution is 7.11. The minimum Gasteiger partial charge on any atom is -0.508 e. The third-order valence-electron chi connectivity index (χ3n) is 2.60. The van der Waals surface area contributed by atoms with E-state index in [1.54, 1.807) is 29.5 Å². The lowest BCUT2D eigenvalue weighted by Crippen LogP contribution is -2.22. The molecule has 0 aliphatic rings. The van der Waals surface area contributed by atoms with Crippen molar-refractivity contribution >= 4 is 17.2 Å². The average molecular weight is 261 g/mol. The number of rotatable bonds is 4. The molecule has 1 heterocycles. The molecule has 1 aromatic heterocycles. The number of amides is 1. The van der Waals surface area contributed by atoms with E-state index in [0.717, 1.165) is 11.3 Å². The zero-order valence-corrected chi connectivity index (χ0v) is 11.0. The van der Waals surface area contributed by atoms with Crippen molar-refractivity contribution in [2.24, 2.45) is 0 Å². The van der Waals surface area contributed by atoms with E-state index < -0.39 is 0 Å². The number of hydrogen-bond donors (Lipinski definition) is 2. The summed E-state index contributed by atoms with van der Waals surface area (Å²) in [5, 5.41) is 12.1. The summed E-state index contributed by atoms with van der Waals surface area (Å²) in [6.07, 6.45) is 1.02. The summed E-state index contributed by atoms with van der Waals surface area (Å²) in [4.78, 5) is 14.3. The monoisotopic (exact) mass is 261 g/mol. The van der Waals surface area contributed by atoms with Crippen molar-refractivity contribution in [3.63, 3.8) is 0 Å². The van der Waals surface area contributed by atoms with Crippen molar-refractivity contribution in [3.05, 3.63) is 51.7 Å². The van der Waals surface area contributed by atoms with Crippen LogP contribution in [0.2, 0.25) is 0 Å². The fraction of sp³-hybridized carbons (Fsp3) is 0.214. The standard InChI is InChI=1S/C14H15NO2S/c1-2-12-6-7-13(18-12)9-15-14(17)10-4-3-5-11(16)8-10/h3-8,16H,2,9H2,1H3,(H,15,17). The number of phenols is 1. The highest BCUT2D eigenvalue weighted by Crippen LogP contribution is 2.17. The van der Waals surface area contributed by atoms with Gasteiger partial charge in [-0.1, -0.05) is 13.0 Å². The van der Waals surface area contributed by atoms with E-state index in [1.807, 2.05) is 6.07 Å². The van der Waals surface area contributed by atoms with Gasteiger partial charge in [0, 0.05) is 15.3 Å². The maximum atomic E-state index is 11.8. The van der Waals surface area contributed by atoms with E-state index in [4.69, 9.17) is 0 Å². The molecule has 0 saturated carbocycles. The number of thiophene rings is 1. The maximum absolute atomic E-state index is 11.8. The van der Waals surface area contributed by atoms with Crippen molar-refractivity contribution < 1.29 is 9.90 Å². The fourth-order valence-corrected chi connectivity index (χ4v) is 2.52. The van der Waals surface area contributed by atoms with Crippen LogP contribution in [0.5, 0.6) is 5.75 Å². The highest BCUT2D eigenvalue weighted by atomic mass is 32.1. The Balaban J connectivity index is 1.96. The van der Waals surface area contributed by atoms with Crippen LogP contribution < -0.4 is 5.32 Å². The van der Waals surface area contributed by atoms with E-state index in [2.05, 4.69) is 18.3 Å². The molecular formula is C14H15NO2S. The number of benzene rings is 1. The molecule has 94 valence electrons. The molecule has 0 fully saturated rings. The van der Waals surface area contributed by atoms with Gasteiger partial charge in [-0.25, -0.2) is 0 Å². The summed E-state index contributed by atoms with van der Waals surface area (Å²) in [5.74, 6) is -0.0654. The predicted molar refractivity (Wildman–Crippen MR) is 73.0 cm³/mol. The van der Waals surface area contributed by atoms with Crippen molar-refractivity contribution in [1.29, 1.82) is 0 Å². The lowest BCUT2D eigenvalue weighted by atomic mass is 10.2. The topological polar surface area (TPSA) is 49.3 Å². The van der Waals surface area contributed by atoms with Gasteiger partial charge in [0.1, 0.15) is 5.75 Å². The first-order valence-electron chi connectivity index (χ1n) is 5.84. The van der Waals surface area contributed by atoms with Crippen LogP contribution >= 0.6 is 11.3 Å². The number of carbonyl (C=O) groups excluding carboxylic acids is 1. The van der Waals surface area contributed by atoms with Gasteiger partial charge in [-0.3, -0.25) is 4.79 Å². The summed E-state index contributed by atoms with van der Waals surface area (Å²) < 4.78 is 0. The first-order chi connectivity index (χ1) is 8.69. The lowest BCUT2D eigenvalue weighted by molar-refractivity contribution is 0.0951. The van der Waals surface area contributed by atoms with Gasteiger partial charge in [-0.15, -0.1) is 11.3 Å². The predicted octanol–water partition coefficient (Wildman–Crippen LogP) is 2.95. The molecule has 3 nitrogen and oxygen atoms in total. The quantitative estimate of drug-likeness (QED) is 0.889. The summed E-state index contributed by atoms with van der Waals surface area (Å²) in [6.45, 7) is 2.64. The molecular weight excluding hydrogens is 246 g/mol. The average Bonchev–Trinajstić information content (AvgIpc) is 2.84. The van der Waals surface area contributed by atoms with Gasteiger partial charge in [0.05, 0.1) is 6.54 Å². The van der Waals surface area contributed by atoms with Gasteiger partial charge in [-0.05, 0) is 36.8 Å². The fourth-order valence-electron chi connectivity index (χ4n) is 1.62. The Morgan fingerprint density at radius 2 is 2.06 bits per heavy atom. The second-order valence-electron chi connectivity index (χ2n) is 3.95. The Bertz CT molecular complexity index is 548. The van der Waals surface area contributed by atoms with Crippen molar-refractivity contribution in [3.8, 4) is 5.75 Å². The third-order valence-corrected chi connectivity index (χ3v) is 3.83. The molecule has 2 aromatic rings. The van der Waals surface area contributed by atoms with E-state index >= 15 is 0 Å². The molecule has 0 atom stereocenters. The molecule has 0 radical (unpaired) electrons. The Kier molecular flexibility index (Phi) is 3.99. The molecule has 2 N–H and O–H groups in total. The number of carbonyl (C=O) groups is 1. The van der Waals surface area contributed by atoms with Crippen LogP contribution in [-0.2, 0) is 13.0 Å². The lowest BCUT2D eigenvalue weighted by Gasteiger charge is -2.03. The Morgan fingerprint density at radius 1 is 1.28 bits per heavy atom. The summed E-state index contributed by atoms with van der Waals surface area (Å²) >= 11 is 1.71. The molecule has 0 saturated heterocycles. The van der Waals surface area contributed by atoms with Crippen LogP contribution in [0, 0.1) is 0 Å². The summed E-state index contributed by atoms with van der Waals surface area (Å²) in [6, 6.07) is 10.5. The normalized spacial score (nSPS) is 10.3. The molecule has 0 aliphatic carbocycles. The van der Waals surface area contributed by atoms with Gasteiger partial charge in [0.25, 0.3) is 5.91 Å². The van der Waals surface area contributed by atoms with Crippen molar-refractivity contribution in [2.75, 3.05) is 0 Å². The van der Waals surface area contributed by atoms with Gasteiger partial charge in [0.15, 0.2) is 0 Å². The largest absolute Gasteiger partial charge is 0.508 e. The van der Waals surface area contributed by atoms with E-state index in [9.17, 15) is 9.90 Å². The van der Waals surface area contributed by atoms with Gasteiger partial charge in [-0.2, -0.15) is 0 Å². The van der Waals surface area contributed by atoms with Crippen LogP contribution in [0.25, 0.3) is 0 Å². The van der Waals surface area contributed by atoms with E-state index in [1.165, 1.54) is 10.9 Å². The highest BCUT2D eigenvalue weighted by Gasteiger charge is 2.06. The molecule has 0 spiro atoms. The van der Waals surface area contributed by atoms with Crippen molar-refractivity contribution in [2.45, 2.75) is 19.9 Å².